The molecule has 0 spiro atoms. The maximum Gasteiger partial charge on any atom is 0.329 e. The SMILES string of the molecule is CCN(C(=O)N(C)C1CCCC(C)C1)C(C)(C)C(=O)O. The van der Waals surface area contributed by atoms with Gasteiger partial charge in [-0.25, -0.2) is 9.59 Å². The number of hydrogen-bond acceptors (Lipinski definition) is 2. The van der Waals surface area contributed by atoms with Gasteiger partial charge in [0, 0.05) is 19.6 Å². The van der Waals surface area contributed by atoms with Crippen LogP contribution in [-0.2, 0) is 4.79 Å². The van der Waals surface area contributed by atoms with E-state index in [1.165, 1.54) is 11.3 Å². The quantitative estimate of drug-likeness (QED) is 0.863. The molecular weight excluding hydrogens is 256 g/mol. The zero-order valence-corrected chi connectivity index (χ0v) is 13.3. The van der Waals surface area contributed by atoms with E-state index in [9.17, 15) is 14.7 Å². The van der Waals surface area contributed by atoms with Crippen LogP contribution in [0.5, 0.6) is 0 Å². The van der Waals surface area contributed by atoms with Crippen molar-refractivity contribution in [3.05, 3.63) is 0 Å². The summed E-state index contributed by atoms with van der Waals surface area (Å²) in [6.45, 7) is 7.58. The molecule has 1 N–H and O–H groups in total. The van der Waals surface area contributed by atoms with Crippen molar-refractivity contribution in [2.45, 2.75) is 65.0 Å². The van der Waals surface area contributed by atoms with Gasteiger partial charge in [-0.05, 0) is 39.5 Å². The third-order valence-electron chi connectivity index (χ3n) is 4.50. The number of likely N-dealkylation sites (N-methyl/N-ethyl adjacent to an activating group) is 1. The largest absolute Gasteiger partial charge is 0.480 e. The van der Waals surface area contributed by atoms with Crippen LogP contribution in [0, 0.1) is 5.92 Å². The molecule has 1 aliphatic carbocycles. The van der Waals surface area contributed by atoms with Gasteiger partial charge < -0.3 is 14.9 Å². The van der Waals surface area contributed by atoms with E-state index in [1.54, 1.807) is 25.8 Å². The van der Waals surface area contributed by atoms with E-state index in [0.717, 1.165) is 19.3 Å². The summed E-state index contributed by atoms with van der Waals surface area (Å²) in [5.41, 5.74) is -1.18. The molecule has 0 aromatic rings. The zero-order valence-electron chi connectivity index (χ0n) is 13.3. The van der Waals surface area contributed by atoms with Crippen LogP contribution in [0.3, 0.4) is 0 Å². The topological polar surface area (TPSA) is 60.9 Å². The van der Waals surface area contributed by atoms with Gasteiger partial charge in [-0.15, -0.1) is 0 Å². The minimum Gasteiger partial charge on any atom is -0.480 e. The van der Waals surface area contributed by atoms with Gasteiger partial charge in [-0.2, -0.15) is 0 Å². The van der Waals surface area contributed by atoms with Gasteiger partial charge in [0.1, 0.15) is 5.54 Å². The Balaban J connectivity index is 2.82. The minimum atomic E-state index is -1.18. The highest BCUT2D eigenvalue weighted by Crippen LogP contribution is 2.28. The van der Waals surface area contributed by atoms with Crippen molar-refractivity contribution in [3.63, 3.8) is 0 Å². The van der Waals surface area contributed by atoms with Crippen LogP contribution < -0.4 is 0 Å². The van der Waals surface area contributed by atoms with Crippen molar-refractivity contribution in [1.29, 1.82) is 0 Å². The third-order valence-corrected chi connectivity index (χ3v) is 4.50. The van der Waals surface area contributed by atoms with E-state index < -0.39 is 11.5 Å². The van der Waals surface area contributed by atoms with E-state index in [0.29, 0.717) is 12.5 Å². The average molecular weight is 284 g/mol. The van der Waals surface area contributed by atoms with Crippen molar-refractivity contribution in [3.8, 4) is 0 Å². The number of hydrogen-bond donors (Lipinski definition) is 1. The number of amides is 2. The molecule has 116 valence electrons. The molecule has 0 heterocycles. The fourth-order valence-corrected chi connectivity index (χ4v) is 2.99. The molecule has 0 saturated heterocycles. The first kappa shape index (κ1) is 16.8. The second kappa shape index (κ2) is 6.46. The molecule has 0 bridgehead atoms. The van der Waals surface area contributed by atoms with Gasteiger partial charge in [0.25, 0.3) is 0 Å². The number of carboxylic acid groups (broad SMARTS) is 1. The lowest BCUT2D eigenvalue weighted by Gasteiger charge is -2.41. The normalized spacial score (nSPS) is 23.2. The molecule has 2 amide bonds. The molecule has 1 rings (SSSR count). The van der Waals surface area contributed by atoms with Crippen molar-refractivity contribution in [1.82, 2.24) is 9.80 Å². The fourth-order valence-electron chi connectivity index (χ4n) is 2.99. The predicted octanol–water partition coefficient (Wildman–Crippen LogP) is 2.80. The lowest BCUT2D eigenvalue weighted by molar-refractivity contribution is -0.147. The van der Waals surface area contributed by atoms with Crippen LogP contribution in [0.2, 0.25) is 0 Å². The summed E-state index contributed by atoms with van der Waals surface area (Å²) in [4.78, 5) is 27.2. The van der Waals surface area contributed by atoms with Gasteiger partial charge in [0.2, 0.25) is 0 Å². The summed E-state index contributed by atoms with van der Waals surface area (Å²) in [6.07, 6.45) is 4.37. The predicted molar refractivity (Wildman–Crippen MR) is 78.7 cm³/mol. The molecule has 0 radical (unpaired) electrons. The molecule has 1 fully saturated rings. The Morgan fingerprint density at radius 3 is 2.35 bits per heavy atom. The van der Waals surface area contributed by atoms with E-state index in [1.807, 2.05) is 6.92 Å². The molecular formula is C15H28N2O3. The maximum absolute atomic E-state index is 12.6. The maximum atomic E-state index is 12.6. The molecule has 1 saturated carbocycles. The molecule has 0 aromatic carbocycles. The summed E-state index contributed by atoms with van der Waals surface area (Å²) < 4.78 is 0. The Morgan fingerprint density at radius 1 is 1.30 bits per heavy atom. The first-order valence-electron chi connectivity index (χ1n) is 7.49. The van der Waals surface area contributed by atoms with E-state index in [4.69, 9.17) is 0 Å². The summed E-state index contributed by atoms with van der Waals surface area (Å²) in [6, 6.07) is 0.0453. The van der Waals surface area contributed by atoms with Crippen molar-refractivity contribution in [2.75, 3.05) is 13.6 Å². The third kappa shape index (κ3) is 3.44. The summed E-state index contributed by atoms with van der Waals surface area (Å²) in [5, 5.41) is 9.31. The van der Waals surface area contributed by atoms with Crippen LogP contribution in [0.15, 0.2) is 0 Å². The highest BCUT2D eigenvalue weighted by atomic mass is 16.4. The lowest BCUT2D eigenvalue weighted by Crippen LogP contribution is -2.58. The zero-order chi connectivity index (χ0) is 15.5. The first-order valence-corrected chi connectivity index (χ1v) is 7.49. The number of carbonyl (C=O) groups excluding carboxylic acids is 1. The average Bonchev–Trinajstić information content (AvgIpc) is 2.38. The van der Waals surface area contributed by atoms with Gasteiger partial charge >= 0.3 is 12.0 Å². The van der Waals surface area contributed by atoms with Crippen LogP contribution in [0.1, 0.15) is 53.4 Å². The number of nitrogens with zero attached hydrogens (tertiary/aromatic N) is 2. The second-order valence-corrected chi connectivity index (χ2v) is 6.43. The molecule has 2 unspecified atom stereocenters. The van der Waals surface area contributed by atoms with Gasteiger partial charge in [-0.3, -0.25) is 0 Å². The molecule has 20 heavy (non-hydrogen) atoms. The Kier molecular flexibility index (Phi) is 5.42. The molecule has 0 aliphatic heterocycles. The highest BCUT2D eigenvalue weighted by molar-refractivity contribution is 5.85. The number of aliphatic carboxylic acids is 1. The number of carboxylic acids is 1. The van der Waals surface area contributed by atoms with Crippen molar-refractivity contribution < 1.29 is 14.7 Å². The summed E-state index contributed by atoms with van der Waals surface area (Å²) in [7, 11) is 1.80. The van der Waals surface area contributed by atoms with Crippen LogP contribution in [-0.4, -0.2) is 52.1 Å². The van der Waals surface area contributed by atoms with Crippen LogP contribution >= 0.6 is 0 Å². The van der Waals surface area contributed by atoms with Crippen molar-refractivity contribution in [2.24, 2.45) is 5.92 Å². The number of carbonyl (C=O) groups is 2. The molecule has 2 atom stereocenters. The molecule has 0 aromatic heterocycles. The Morgan fingerprint density at radius 2 is 1.90 bits per heavy atom. The minimum absolute atomic E-state index is 0.181. The van der Waals surface area contributed by atoms with E-state index >= 15 is 0 Å². The molecule has 5 heteroatoms. The first-order chi connectivity index (χ1) is 9.21. The van der Waals surface area contributed by atoms with Crippen molar-refractivity contribution >= 4 is 12.0 Å². The second-order valence-electron chi connectivity index (χ2n) is 6.43. The summed E-state index contributed by atoms with van der Waals surface area (Å²) >= 11 is 0. The monoisotopic (exact) mass is 284 g/mol. The Labute approximate surface area is 121 Å². The highest BCUT2D eigenvalue weighted by Gasteiger charge is 2.39. The van der Waals surface area contributed by atoms with Gasteiger partial charge in [0.15, 0.2) is 0 Å². The number of urea groups is 1. The summed E-state index contributed by atoms with van der Waals surface area (Å²) in [5.74, 6) is -0.343. The molecule has 1 aliphatic rings. The fraction of sp³-hybridized carbons (Fsp3) is 0.867. The van der Waals surface area contributed by atoms with Gasteiger partial charge in [-0.1, -0.05) is 19.8 Å². The Bertz CT molecular complexity index is 368. The van der Waals surface area contributed by atoms with Gasteiger partial charge in [0.05, 0.1) is 0 Å². The lowest BCUT2D eigenvalue weighted by atomic mass is 9.86. The van der Waals surface area contributed by atoms with E-state index in [-0.39, 0.29) is 12.1 Å². The van der Waals surface area contributed by atoms with Crippen LogP contribution in [0.25, 0.3) is 0 Å². The Hall–Kier alpha value is -1.26. The van der Waals surface area contributed by atoms with Crippen LogP contribution in [0.4, 0.5) is 4.79 Å². The molecule has 5 nitrogen and oxygen atoms in total. The van der Waals surface area contributed by atoms with E-state index in [2.05, 4.69) is 6.92 Å². The standard InChI is InChI=1S/C15H28N2O3/c1-6-17(15(3,4)13(18)19)14(20)16(5)12-9-7-8-11(2)10-12/h11-12H,6-10H2,1-5H3,(H,18,19). The smallest absolute Gasteiger partial charge is 0.329 e. The number of rotatable bonds is 4.